The molecule has 0 saturated heterocycles. The predicted molar refractivity (Wildman–Crippen MR) is 107 cm³/mol. The Labute approximate surface area is 163 Å². The molecule has 7 nitrogen and oxygen atoms in total. The van der Waals surface area contributed by atoms with Crippen molar-refractivity contribution in [2.45, 2.75) is 18.7 Å². The molecule has 0 radical (unpaired) electrons. The van der Waals surface area contributed by atoms with E-state index in [0.717, 1.165) is 11.1 Å². The monoisotopic (exact) mass is 397 g/mol. The molecule has 2 N–H and O–H groups in total. The standard InChI is InChI=1S/C20H19N3O4S/c1-14-8-9-19(15(2)11-14)23-28(25,26)18-7-3-5-16(12-18)20(24)22-21-13-17-6-4-10-27-17/h3-13,23H,1-2H3,(H,22,24)/b21-13-. The Balaban J connectivity index is 1.76. The number of hydrazone groups is 1. The van der Waals surface area contributed by atoms with Gasteiger partial charge in [0.25, 0.3) is 15.9 Å². The van der Waals surface area contributed by atoms with Crippen molar-refractivity contribution in [3.8, 4) is 0 Å². The van der Waals surface area contributed by atoms with E-state index >= 15 is 0 Å². The first-order valence-corrected chi connectivity index (χ1v) is 9.90. The second-order valence-electron chi connectivity index (χ2n) is 6.17. The highest BCUT2D eigenvalue weighted by atomic mass is 32.2. The van der Waals surface area contributed by atoms with E-state index < -0.39 is 15.9 Å². The van der Waals surface area contributed by atoms with Gasteiger partial charge in [0, 0.05) is 5.56 Å². The summed E-state index contributed by atoms with van der Waals surface area (Å²) in [6.45, 7) is 3.76. The van der Waals surface area contributed by atoms with Crippen molar-refractivity contribution in [2.75, 3.05) is 4.72 Å². The molecule has 28 heavy (non-hydrogen) atoms. The Morgan fingerprint density at radius 1 is 1.07 bits per heavy atom. The van der Waals surface area contributed by atoms with Crippen molar-refractivity contribution in [1.82, 2.24) is 5.43 Å². The smallest absolute Gasteiger partial charge is 0.271 e. The maximum Gasteiger partial charge on any atom is 0.271 e. The number of rotatable bonds is 6. The number of benzene rings is 2. The fourth-order valence-corrected chi connectivity index (χ4v) is 3.70. The van der Waals surface area contributed by atoms with Gasteiger partial charge in [0.15, 0.2) is 0 Å². The maximum atomic E-state index is 12.7. The minimum Gasteiger partial charge on any atom is -0.463 e. The van der Waals surface area contributed by atoms with Crippen molar-refractivity contribution in [1.29, 1.82) is 0 Å². The molecule has 0 aliphatic heterocycles. The average Bonchev–Trinajstić information content (AvgIpc) is 3.17. The van der Waals surface area contributed by atoms with E-state index in [2.05, 4.69) is 15.2 Å². The van der Waals surface area contributed by atoms with Crippen LogP contribution >= 0.6 is 0 Å². The number of furan rings is 1. The summed E-state index contributed by atoms with van der Waals surface area (Å²) in [5.41, 5.74) is 4.84. The van der Waals surface area contributed by atoms with E-state index in [4.69, 9.17) is 4.42 Å². The molecule has 1 aromatic heterocycles. The van der Waals surface area contributed by atoms with Crippen LogP contribution in [0.4, 0.5) is 5.69 Å². The number of sulfonamides is 1. The second kappa shape index (κ2) is 8.10. The van der Waals surface area contributed by atoms with Crippen molar-refractivity contribution >= 4 is 27.8 Å². The van der Waals surface area contributed by atoms with Crippen molar-refractivity contribution in [3.05, 3.63) is 83.3 Å². The highest BCUT2D eigenvalue weighted by Gasteiger charge is 2.17. The number of anilines is 1. The van der Waals surface area contributed by atoms with Crippen LogP contribution in [0.2, 0.25) is 0 Å². The first-order chi connectivity index (χ1) is 13.3. The molecule has 0 atom stereocenters. The Morgan fingerprint density at radius 3 is 2.61 bits per heavy atom. The third-order valence-corrected chi connectivity index (χ3v) is 5.30. The lowest BCUT2D eigenvalue weighted by molar-refractivity contribution is 0.0955. The lowest BCUT2D eigenvalue weighted by Crippen LogP contribution is -2.19. The highest BCUT2D eigenvalue weighted by Crippen LogP contribution is 2.21. The summed E-state index contributed by atoms with van der Waals surface area (Å²) in [4.78, 5) is 12.2. The second-order valence-corrected chi connectivity index (χ2v) is 7.85. The van der Waals surface area contributed by atoms with Gasteiger partial charge in [-0.05, 0) is 55.8 Å². The third kappa shape index (κ3) is 4.66. The largest absolute Gasteiger partial charge is 0.463 e. The molecule has 0 aliphatic carbocycles. The van der Waals surface area contributed by atoms with Crippen LogP contribution in [0.15, 0.2) is 75.3 Å². The van der Waals surface area contributed by atoms with E-state index in [-0.39, 0.29) is 10.5 Å². The fourth-order valence-electron chi connectivity index (χ4n) is 2.52. The predicted octanol–water partition coefficient (Wildman–Crippen LogP) is 3.46. The summed E-state index contributed by atoms with van der Waals surface area (Å²) < 4.78 is 33.0. The Hall–Kier alpha value is -3.39. The SMILES string of the molecule is Cc1ccc(NS(=O)(=O)c2cccc(C(=O)N/N=C\c3ccco3)c2)c(C)c1. The topological polar surface area (TPSA) is 101 Å². The minimum absolute atomic E-state index is 0.0184. The van der Waals surface area contributed by atoms with Gasteiger partial charge in [-0.3, -0.25) is 9.52 Å². The van der Waals surface area contributed by atoms with Crippen LogP contribution in [0.5, 0.6) is 0 Å². The van der Waals surface area contributed by atoms with E-state index in [9.17, 15) is 13.2 Å². The van der Waals surface area contributed by atoms with Gasteiger partial charge in [0.2, 0.25) is 0 Å². The molecule has 3 aromatic rings. The van der Waals surface area contributed by atoms with Crippen LogP contribution in [-0.2, 0) is 10.0 Å². The summed E-state index contributed by atoms with van der Waals surface area (Å²) in [5.74, 6) is -0.0549. The molecule has 0 aliphatic rings. The molecule has 144 valence electrons. The zero-order valence-corrected chi connectivity index (χ0v) is 16.2. The molecule has 0 spiro atoms. The fraction of sp³-hybridized carbons (Fsp3) is 0.100. The van der Waals surface area contributed by atoms with Gasteiger partial charge in [-0.25, -0.2) is 13.8 Å². The number of carbonyl (C=O) groups excluding carboxylic acids is 1. The minimum atomic E-state index is -3.84. The number of amides is 1. The Morgan fingerprint density at radius 2 is 1.89 bits per heavy atom. The molecule has 0 saturated carbocycles. The molecule has 0 unspecified atom stereocenters. The van der Waals surface area contributed by atoms with Crippen LogP contribution < -0.4 is 10.1 Å². The molecule has 2 aromatic carbocycles. The van der Waals surface area contributed by atoms with Crippen LogP contribution in [0, 0.1) is 13.8 Å². The van der Waals surface area contributed by atoms with E-state index in [1.807, 2.05) is 26.0 Å². The van der Waals surface area contributed by atoms with Gasteiger partial charge in [0.05, 0.1) is 23.1 Å². The highest BCUT2D eigenvalue weighted by molar-refractivity contribution is 7.92. The van der Waals surface area contributed by atoms with Crippen LogP contribution in [0.1, 0.15) is 27.2 Å². The lowest BCUT2D eigenvalue weighted by atomic mass is 10.1. The molecule has 8 heteroatoms. The summed E-state index contributed by atoms with van der Waals surface area (Å²) >= 11 is 0. The van der Waals surface area contributed by atoms with E-state index in [1.165, 1.54) is 36.7 Å². The summed E-state index contributed by atoms with van der Waals surface area (Å²) in [6.07, 6.45) is 2.83. The summed E-state index contributed by atoms with van der Waals surface area (Å²) in [5, 5.41) is 3.79. The van der Waals surface area contributed by atoms with Crippen LogP contribution in [0.3, 0.4) is 0 Å². The number of nitrogens with one attached hydrogen (secondary N) is 2. The van der Waals surface area contributed by atoms with Crippen LogP contribution in [0.25, 0.3) is 0 Å². The van der Waals surface area contributed by atoms with Gasteiger partial charge in [-0.1, -0.05) is 23.8 Å². The van der Waals surface area contributed by atoms with Crippen molar-refractivity contribution in [2.24, 2.45) is 5.10 Å². The van der Waals surface area contributed by atoms with Gasteiger partial charge < -0.3 is 4.42 Å². The zero-order chi connectivity index (χ0) is 20.1. The normalized spacial score (nSPS) is 11.5. The molecule has 0 fully saturated rings. The quantitative estimate of drug-likeness (QED) is 0.491. The average molecular weight is 397 g/mol. The van der Waals surface area contributed by atoms with Gasteiger partial charge >= 0.3 is 0 Å². The zero-order valence-electron chi connectivity index (χ0n) is 15.3. The first-order valence-electron chi connectivity index (χ1n) is 8.42. The Kier molecular flexibility index (Phi) is 5.60. The molecule has 0 bridgehead atoms. The number of hydrogen-bond acceptors (Lipinski definition) is 5. The first kappa shape index (κ1) is 19.4. The van der Waals surface area contributed by atoms with Crippen molar-refractivity contribution < 1.29 is 17.6 Å². The number of hydrogen-bond donors (Lipinski definition) is 2. The van der Waals surface area contributed by atoms with Gasteiger partial charge in [0.1, 0.15) is 5.76 Å². The maximum absolute atomic E-state index is 12.7. The van der Waals surface area contributed by atoms with Crippen molar-refractivity contribution in [3.63, 3.8) is 0 Å². The number of carbonyl (C=O) groups is 1. The van der Waals surface area contributed by atoms with Crippen LogP contribution in [-0.4, -0.2) is 20.5 Å². The Bertz CT molecular complexity index is 1120. The number of nitrogens with zero attached hydrogens (tertiary/aromatic N) is 1. The lowest BCUT2D eigenvalue weighted by Gasteiger charge is -2.12. The van der Waals surface area contributed by atoms with E-state index in [0.29, 0.717) is 11.4 Å². The molecular weight excluding hydrogens is 378 g/mol. The molecule has 1 amide bonds. The molecular formula is C20H19N3O4S. The molecule has 1 heterocycles. The third-order valence-electron chi connectivity index (χ3n) is 3.93. The van der Waals surface area contributed by atoms with Gasteiger partial charge in [-0.2, -0.15) is 5.10 Å². The molecule has 3 rings (SSSR count). The summed E-state index contributed by atoms with van der Waals surface area (Å²) in [7, 11) is -3.84. The van der Waals surface area contributed by atoms with Gasteiger partial charge in [-0.15, -0.1) is 0 Å². The number of aryl methyl sites for hydroxylation is 2. The van der Waals surface area contributed by atoms with E-state index in [1.54, 1.807) is 18.2 Å². The summed E-state index contributed by atoms with van der Waals surface area (Å²) in [6, 6.07) is 14.5.